The second-order valence-electron chi connectivity index (χ2n) is 5.53. The van der Waals surface area contributed by atoms with E-state index in [1.807, 2.05) is 36.4 Å². The van der Waals surface area contributed by atoms with E-state index in [4.69, 9.17) is 20.8 Å². The van der Waals surface area contributed by atoms with Crippen LogP contribution >= 0.6 is 11.6 Å². The number of methoxy groups -OCH3 is 1. The minimum absolute atomic E-state index is 0.234. The van der Waals surface area contributed by atoms with Gasteiger partial charge in [0.1, 0.15) is 11.5 Å². The molecule has 1 heterocycles. The van der Waals surface area contributed by atoms with Crippen molar-refractivity contribution in [1.29, 1.82) is 0 Å². The van der Waals surface area contributed by atoms with Crippen LogP contribution in [0, 0.1) is 0 Å². The maximum atomic E-state index is 12.2. The highest BCUT2D eigenvalue weighted by molar-refractivity contribution is 6.30. The Morgan fingerprint density at radius 1 is 1.12 bits per heavy atom. The Morgan fingerprint density at radius 2 is 1.92 bits per heavy atom. The second kappa shape index (κ2) is 7.90. The third-order valence-electron chi connectivity index (χ3n) is 3.80. The number of hydrogen-bond donors (Lipinski definition) is 1. The van der Waals surface area contributed by atoms with E-state index in [2.05, 4.69) is 5.32 Å². The quantitative estimate of drug-likeness (QED) is 0.704. The number of rotatable bonds is 6. The molecule has 1 aromatic heterocycles. The molecule has 3 rings (SSSR count). The summed E-state index contributed by atoms with van der Waals surface area (Å²) in [6, 6.07) is 18.5. The average Bonchev–Trinajstić information content (AvgIpc) is 3.12. The molecule has 1 amide bonds. The van der Waals surface area contributed by atoms with E-state index in [-0.39, 0.29) is 11.7 Å². The van der Waals surface area contributed by atoms with Crippen LogP contribution in [0.2, 0.25) is 5.02 Å². The number of ether oxygens (including phenoxy) is 1. The summed E-state index contributed by atoms with van der Waals surface area (Å²) < 4.78 is 10.8. The molecule has 0 aliphatic carbocycles. The number of carbonyl (C=O) groups is 1. The summed E-state index contributed by atoms with van der Waals surface area (Å²) in [6.07, 6.45) is 0.734. The largest absolute Gasteiger partial charge is 0.497 e. The molecule has 0 saturated carbocycles. The van der Waals surface area contributed by atoms with Gasteiger partial charge in [-0.2, -0.15) is 0 Å². The Morgan fingerprint density at radius 3 is 2.64 bits per heavy atom. The molecule has 0 unspecified atom stereocenters. The van der Waals surface area contributed by atoms with Crippen molar-refractivity contribution in [2.75, 3.05) is 13.7 Å². The van der Waals surface area contributed by atoms with Crippen LogP contribution in [0.25, 0.3) is 11.3 Å². The van der Waals surface area contributed by atoms with Gasteiger partial charge in [0.25, 0.3) is 5.91 Å². The van der Waals surface area contributed by atoms with Crippen LogP contribution < -0.4 is 10.1 Å². The summed E-state index contributed by atoms with van der Waals surface area (Å²) in [4.78, 5) is 12.2. The van der Waals surface area contributed by atoms with E-state index >= 15 is 0 Å². The van der Waals surface area contributed by atoms with Gasteiger partial charge in [-0.05, 0) is 48.4 Å². The highest BCUT2D eigenvalue weighted by Gasteiger charge is 2.12. The highest BCUT2D eigenvalue weighted by atomic mass is 35.5. The lowest BCUT2D eigenvalue weighted by Crippen LogP contribution is -2.25. The molecule has 0 atom stereocenters. The zero-order valence-electron chi connectivity index (χ0n) is 13.8. The lowest BCUT2D eigenvalue weighted by Gasteiger charge is -2.05. The Kier molecular flexibility index (Phi) is 5.41. The second-order valence-corrected chi connectivity index (χ2v) is 5.96. The van der Waals surface area contributed by atoms with Crippen molar-refractivity contribution in [2.45, 2.75) is 6.42 Å². The summed E-state index contributed by atoms with van der Waals surface area (Å²) in [5.74, 6) is 1.48. The molecule has 0 aliphatic heterocycles. The maximum Gasteiger partial charge on any atom is 0.287 e. The van der Waals surface area contributed by atoms with Crippen molar-refractivity contribution < 1.29 is 13.9 Å². The van der Waals surface area contributed by atoms with Gasteiger partial charge in [-0.1, -0.05) is 35.9 Å². The molecule has 3 aromatic rings. The summed E-state index contributed by atoms with van der Waals surface area (Å²) in [7, 11) is 1.64. The zero-order chi connectivity index (χ0) is 17.6. The number of benzene rings is 2. The molecule has 4 nitrogen and oxygen atoms in total. The Balaban J connectivity index is 1.56. The SMILES string of the molecule is COc1ccc(CCNC(=O)c2ccc(-c3cccc(Cl)c3)o2)cc1. The fourth-order valence-electron chi connectivity index (χ4n) is 2.46. The molecular weight excluding hydrogens is 338 g/mol. The van der Waals surface area contributed by atoms with Crippen LogP contribution in [0.5, 0.6) is 5.75 Å². The standard InChI is InChI=1S/C20H18ClNO3/c1-24-17-7-5-14(6-8-17)11-12-22-20(23)19-10-9-18(25-19)15-3-2-4-16(21)13-15/h2-10,13H,11-12H2,1H3,(H,22,23). The van der Waals surface area contributed by atoms with E-state index < -0.39 is 0 Å². The Bertz CT molecular complexity index is 855. The predicted molar refractivity (Wildman–Crippen MR) is 98.2 cm³/mol. The van der Waals surface area contributed by atoms with Crippen molar-refractivity contribution in [2.24, 2.45) is 0 Å². The summed E-state index contributed by atoms with van der Waals surface area (Å²) in [5.41, 5.74) is 1.96. The van der Waals surface area contributed by atoms with Gasteiger partial charge in [-0.15, -0.1) is 0 Å². The van der Waals surface area contributed by atoms with Crippen LogP contribution in [-0.4, -0.2) is 19.6 Å². The van der Waals surface area contributed by atoms with Gasteiger partial charge >= 0.3 is 0 Å². The van der Waals surface area contributed by atoms with Gasteiger partial charge in [0, 0.05) is 17.1 Å². The molecule has 0 aliphatic rings. The minimum Gasteiger partial charge on any atom is -0.497 e. The molecule has 1 N–H and O–H groups in total. The van der Waals surface area contributed by atoms with Gasteiger partial charge in [0.15, 0.2) is 5.76 Å². The zero-order valence-corrected chi connectivity index (χ0v) is 14.5. The molecule has 2 aromatic carbocycles. The first kappa shape index (κ1) is 17.1. The fourth-order valence-corrected chi connectivity index (χ4v) is 2.65. The highest BCUT2D eigenvalue weighted by Crippen LogP contribution is 2.24. The van der Waals surface area contributed by atoms with Gasteiger partial charge in [-0.3, -0.25) is 4.79 Å². The number of halogens is 1. The molecule has 25 heavy (non-hydrogen) atoms. The first-order chi connectivity index (χ1) is 12.2. The normalized spacial score (nSPS) is 10.5. The molecule has 0 spiro atoms. The fraction of sp³-hybridized carbons (Fsp3) is 0.150. The van der Waals surface area contributed by atoms with E-state index in [1.54, 1.807) is 31.4 Å². The molecule has 0 fully saturated rings. The number of carbonyl (C=O) groups excluding carboxylic acids is 1. The summed E-state index contributed by atoms with van der Waals surface area (Å²) >= 11 is 5.98. The molecule has 5 heteroatoms. The monoisotopic (exact) mass is 355 g/mol. The van der Waals surface area contributed by atoms with Crippen molar-refractivity contribution in [3.63, 3.8) is 0 Å². The minimum atomic E-state index is -0.234. The van der Waals surface area contributed by atoms with Crippen LogP contribution in [0.15, 0.2) is 65.1 Å². The Hall–Kier alpha value is -2.72. The van der Waals surface area contributed by atoms with Gasteiger partial charge in [-0.25, -0.2) is 0 Å². The van der Waals surface area contributed by atoms with E-state index in [1.165, 1.54) is 0 Å². The van der Waals surface area contributed by atoms with Crippen LogP contribution in [0.3, 0.4) is 0 Å². The summed E-state index contributed by atoms with van der Waals surface area (Å²) in [5, 5.41) is 3.49. The first-order valence-electron chi connectivity index (χ1n) is 7.92. The van der Waals surface area contributed by atoms with Crippen LogP contribution in [0.1, 0.15) is 16.1 Å². The van der Waals surface area contributed by atoms with Crippen molar-refractivity contribution in [3.8, 4) is 17.1 Å². The lowest BCUT2D eigenvalue weighted by molar-refractivity contribution is 0.0927. The van der Waals surface area contributed by atoms with Crippen LogP contribution in [0.4, 0.5) is 0 Å². The van der Waals surface area contributed by atoms with E-state index in [9.17, 15) is 4.79 Å². The Labute approximate surface area is 151 Å². The first-order valence-corrected chi connectivity index (χ1v) is 8.30. The average molecular weight is 356 g/mol. The number of furan rings is 1. The third kappa shape index (κ3) is 4.43. The smallest absolute Gasteiger partial charge is 0.287 e. The number of amides is 1. The molecular formula is C20H18ClNO3. The topological polar surface area (TPSA) is 51.5 Å². The van der Waals surface area contributed by atoms with E-state index in [0.717, 1.165) is 23.3 Å². The molecule has 0 radical (unpaired) electrons. The van der Waals surface area contributed by atoms with Gasteiger partial charge in [0.2, 0.25) is 0 Å². The predicted octanol–water partition coefficient (Wildman–Crippen LogP) is 4.58. The van der Waals surface area contributed by atoms with Crippen molar-refractivity contribution >= 4 is 17.5 Å². The van der Waals surface area contributed by atoms with Gasteiger partial charge in [0.05, 0.1) is 7.11 Å². The third-order valence-corrected chi connectivity index (χ3v) is 4.03. The number of nitrogens with one attached hydrogen (secondary N) is 1. The van der Waals surface area contributed by atoms with Crippen LogP contribution in [-0.2, 0) is 6.42 Å². The van der Waals surface area contributed by atoms with Gasteiger partial charge < -0.3 is 14.5 Å². The lowest BCUT2D eigenvalue weighted by atomic mass is 10.1. The molecule has 128 valence electrons. The summed E-state index contributed by atoms with van der Waals surface area (Å²) in [6.45, 7) is 0.526. The van der Waals surface area contributed by atoms with Crippen molar-refractivity contribution in [1.82, 2.24) is 5.32 Å². The van der Waals surface area contributed by atoms with Crippen molar-refractivity contribution in [3.05, 3.63) is 77.0 Å². The van der Waals surface area contributed by atoms with E-state index in [0.29, 0.717) is 17.3 Å². The maximum absolute atomic E-state index is 12.2. The molecule has 0 saturated heterocycles. The number of hydrogen-bond acceptors (Lipinski definition) is 3. The molecule has 0 bridgehead atoms.